The van der Waals surface area contributed by atoms with Crippen LogP contribution >= 0.6 is 0 Å². The predicted molar refractivity (Wildman–Crippen MR) is 76.4 cm³/mol. The molecule has 2 amide bonds. The van der Waals surface area contributed by atoms with E-state index in [1.54, 1.807) is 4.90 Å². The van der Waals surface area contributed by atoms with E-state index in [1.165, 1.54) is 0 Å². The molecule has 1 heterocycles. The number of carbonyl (C=O) groups excluding carboxylic acids is 2. The van der Waals surface area contributed by atoms with Gasteiger partial charge >= 0.3 is 0 Å². The van der Waals surface area contributed by atoms with Crippen LogP contribution in [-0.4, -0.2) is 43.0 Å². The number of amides is 2. The number of benzene rings is 1. The number of carbonyl (C=O) groups is 2. The Kier molecular flexibility index (Phi) is 5.12. The Morgan fingerprint density at radius 2 is 2.00 bits per heavy atom. The summed E-state index contributed by atoms with van der Waals surface area (Å²) >= 11 is 0. The number of nitrogens with one attached hydrogen (secondary N) is 1. The molecule has 1 N–H and O–H groups in total. The first-order valence-electron chi connectivity index (χ1n) is 6.87. The summed E-state index contributed by atoms with van der Waals surface area (Å²) in [6, 6.07) is 7.54. The van der Waals surface area contributed by atoms with Crippen LogP contribution in [0.3, 0.4) is 0 Å². The van der Waals surface area contributed by atoms with Crippen LogP contribution in [0.2, 0.25) is 0 Å². The first-order valence-corrected chi connectivity index (χ1v) is 6.87. The number of ether oxygens (including phenoxy) is 1. The third-order valence-corrected chi connectivity index (χ3v) is 3.22. The minimum atomic E-state index is -0.246. The van der Waals surface area contributed by atoms with Crippen LogP contribution in [0.25, 0.3) is 0 Å². The monoisotopic (exact) mass is 276 g/mol. The second-order valence-electron chi connectivity index (χ2n) is 5.00. The number of hydrogen-bond donors (Lipinski definition) is 1. The number of rotatable bonds is 5. The standard InChI is InChI=1S/C15H20N2O3/c1-12-5-4-6-13(9-12)16-14(18)10-20-11-15(19)17-7-2-3-8-17/h4-6,9H,2-3,7-8,10-11H2,1H3,(H,16,18). The van der Waals surface area contributed by atoms with Crippen LogP contribution < -0.4 is 5.32 Å². The summed E-state index contributed by atoms with van der Waals surface area (Å²) < 4.78 is 5.17. The Morgan fingerprint density at radius 3 is 2.70 bits per heavy atom. The number of nitrogens with zero attached hydrogens (tertiary/aromatic N) is 1. The normalized spacial score (nSPS) is 14.3. The molecular weight excluding hydrogens is 256 g/mol. The summed E-state index contributed by atoms with van der Waals surface area (Å²) in [6.45, 7) is 3.44. The van der Waals surface area contributed by atoms with Gasteiger partial charge in [0.15, 0.2) is 0 Å². The molecule has 5 nitrogen and oxygen atoms in total. The van der Waals surface area contributed by atoms with Gasteiger partial charge in [-0.1, -0.05) is 12.1 Å². The Bertz CT molecular complexity index is 482. The van der Waals surface area contributed by atoms with E-state index in [-0.39, 0.29) is 25.0 Å². The molecule has 2 rings (SSSR count). The molecule has 5 heteroatoms. The summed E-state index contributed by atoms with van der Waals surface area (Å²) in [5.41, 5.74) is 1.82. The van der Waals surface area contributed by atoms with E-state index in [0.29, 0.717) is 0 Å². The lowest BCUT2D eigenvalue weighted by molar-refractivity contribution is -0.136. The molecule has 0 radical (unpaired) electrons. The first-order chi connectivity index (χ1) is 9.65. The molecule has 0 aromatic heterocycles. The van der Waals surface area contributed by atoms with Gasteiger partial charge in [-0.15, -0.1) is 0 Å². The van der Waals surface area contributed by atoms with Crippen LogP contribution in [0, 0.1) is 6.92 Å². The zero-order valence-electron chi connectivity index (χ0n) is 11.7. The van der Waals surface area contributed by atoms with Gasteiger partial charge in [-0.2, -0.15) is 0 Å². The van der Waals surface area contributed by atoms with Crippen molar-refractivity contribution in [1.82, 2.24) is 4.90 Å². The highest BCUT2D eigenvalue weighted by molar-refractivity contribution is 5.92. The highest BCUT2D eigenvalue weighted by atomic mass is 16.5. The van der Waals surface area contributed by atoms with Gasteiger partial charge in [0, 0.05) is 18.8 Å². The van der Waals surface area contributed by atoms with Gasteiger partial charge in [-0.3, -0.25) is 9.59 Å². The maximum atomic E-state index is 11.7. The molecular formula is C15H20N2O3. The zero-order chi connectivity index (χ0) is 14.4. The van der Waals surface area contributed by atoms with E-state index in [9.17, 15) is 9.59 Å². The molecule has 0 atom stereocenters. The molecule has 1 saturated heterocycles. The van der Waals surface area contributed by atoms with Crippen molar-refractivity contribution in [3.8, 4) is 0 Å². The Balaban J connectivity index is 1.68. The van der Waals surface area contributed by atoms with Crippen LogP contribution in [0.4, 0.5) is 5.69 Å². The van der Waals surface area contributed by atoms with Gasteiger partial charge in [0.05, 0.1) is 0 Å². The Labute approximate surface area is 118 Å². The van der Waals surface area contributed by atoms with Crippen molar-refractivity contribution < 1.29 is 14.3 Å². The van der Waals surface area contributed by atoms with E-state index < -0.39 is 0 Å². The zero-order valence-corrected chi connectivity index (χ0v) is 11.7. The minimum absolute atomic E-state index is 0.0266. The maximum Gasteiger partial charge on any atom is 0.250 e. The Hall–Kier alpha value is -1.88. The van der Waals surface area contributed by atoms with Crippen LogP contribution in [0.5, 0.6) is 0 Å². The van der Waals surface area contributed by atoms with Crippen molar-refractivity contribution in [1.29, 1.82) is 0 Å². The SMILES string of the molecule is Cc1cccc(NC(=O)COCC(=O)N2CCCC2)c1. The van der Waals surface area contributed by atoms with Gasteiger partial charge in [0.2, 0.25) is 11.8 Å². The van der Waals surface area contributed by atoms with Gasteiger partial charge < -0.3 is 15.0 Å². The van der Waals surface area contributed by atoms with E-state index >= 15 is 0 Å². The maximum absolute atomic E-state index is 11.7. The first kappa shape index (κ1) is 14.5. The summed E-state index contributed by atoms with van der Waals surface area (Å²) in [4.78, 5) is 25.1. The van der Waals surface area contributed by atoms with E-state index in [1.807, 2.05) is 31.2 Å². The summed E-state index contributed by atoms with van der Waals surface area (Å²) in [6.07, 6.45) is 2.11. The lowest BCUT2D eigenvalue weighted by Gasteiger charge is -2.14. The topological polar surface area (TPSA) is 58.6 Å². The quantitative estimate of drug-likeness (QED) is 0.888. The molecule has 1 fully saturated rings. The van der Waals surface area contributed by atoms with Crippen molar-refractivity contribution in [2.75, 3.05) is 31.6 Å². The van der Waals surface area contributed by atoms with Crippen molar-refractivity contribution in [3.05, 3.63) is 29.8 Å². The van der Waals surface area contributed by atoms with Gasteiger partial charge in [-0.25, -0.2) is 0 Å². The molecule has 1 aliphatic heterocycles. The number of anilines is 1. The minimum Gasteiger partial charge on any atom is -0.362 e. The molecule has 108 valence electrons. The van der Waals surface area contributed by atoms with Crippen LogP contribution in [0.1, 0.15) is 18.4 Å². The lowest BCUT2D eigenvalue weighted by atomic mass is 10.2. The average molecular weight is 276 g/mol. The van der Waals surface area contributed by atoms with Crippen LogP contribution in [-0.2, 0) is 14.3 Å². The number of likely N-dealkylation sites (tertiary alicyclic amines) is 1. The van der Waals surface area contributed by atoms with Crippen molar-refractivity contribution >= 4 is 17.5 Å². The van der Waals surface area contributed by atoms with Gasteiger partial charge in [0.1, 0.15) is 13.2 Å². The highest BCUT2D eigenvalue weighted by Crippen LogP contribution is 2.09. The average Bonchev–Trinajstić information content (AvgIpc) is 2.92. The summed E-state index contributed by atoms with van der Waals surface area (Å²) in [7, 11) is 0. The number of aryl methyl sites for hydroxylation is 1. The molecule has 20 heavy (non-hydrogen) atoms. The molecule has 0 unspecified atom stereocenters. The fourth-order valence-corrected chi connectivity index (χ4v) is 2.21. The lowest BCUT2D eigenvalue weighted by Crippen LogP contribution is -2.32. The molecule has 0 saturated carbocycles. The van der Waals surface area contributed by atoms with E-state index in [2.05, 4.69) is 5.32 Å². The fraction of sp³-hybridized carbons (Fsp3) is 0.467. The fourth-order valence-electron chi connectivity index (χ4n) is 2.21. The molecule has 1 aromatic rings. The predicted octanol–water partition coefficient (Wildman–Crippen LogP) is 1.57. The van der Waals surface area contributed by atoms with E-state index in [4.69, 9.17) is 4.74 Å². The molecule has 1 aliphatic rings. The van der Waals surface area contributed by atoms with Crippen molar-refractivity contribution in [3.63, 3.8) is 0 Å². The third kappa shape index (κ3) is 4.35. The van der Waals surface area contributed by atoms with Crippen LogP contribution in [0.15, 0.2) is 24.3 Å². The summed E-state index contributed by atoms with van der Waals surface area (Å²) in [5, 5.41) is 2.74. The molecule has 1 aromatic carbocycles. The number of hydrogen-bond acceptors (Lipinski definition) is 3. The molecule has 0 bridgehead atoms. The highest BCUT2D eigenvalue weighted by Gasteiger charge is 2.17. The van der Waals surface area contributed by atoms with Gasteiger partial charge in [-0.05, 0) is 37.5 Å². The van der Waals surface area contributed by atoms with E-state index in [0.717, 1.165) is 37.2 Å². The second-order valence-corrected chi connectivity index (χ2v) is 5.00. The molecule has 0 aliphatic carbocycles. The van der Waals surface area contributed by atoms with Gasteiger partial charge in [0.25, 0.3) is 0 Å². The second kappa shape index (κ2) is 7.05. The largest absolute Gasteiger partial charge is 0.362 e. The molecule has 0 spiro atoms. The van der Waals surface area contributed by atoms with Crippen molar-refractivity contribution in [2.24, 2.45) is 0 Å². The summed E-state index contributed by atoms with van der Waals surface area (Å²) in [5.74, 6) is -0.282. The third-order valence-electron chi connectivity index (χ3n) is 3.22. The smallest absolute Gasteiger partial charge is 0.250 e. The Morgan fingerprint density at radius 1 is 1.25 bits per heavy atom. The van der Waals surface area contributed by atoms with Crippen molar-refractivity contribution in [2.45, 2.75) is 19.8 Å².